The van der Waals surface area contributed by atoms with E-state index in [0.717, 1.165) is 0 Å². The maximum Gasteiger partial charge on any atom is 0.270 e. The van der Waals surface area contributed by atoms with Gasteiger partial charge in [-0.25, -0.2) is 0 Å². The topological polar surface area (TPSA) is 102 Å². The fraction of sp³-hybridized carbons (Fsp3) is 0.105. The fourth-order valence-electron chi connectivity index (χ4n) is 2.71. The molecule has 0 aliphatic heterocycles. The summed E-state index contributed by atoms with van der Waals surface area (Å²) in [4.78, 5) is 10.6. The third-order valence-electron chi connectivity index (χ3n) is 4.00. The molecule has 0 aliphatic rings. The molecule has 0 radical (unpaired) electrons. The van der Waals surface area contributed by atoms with E-state index < -0.39 is 10.8 Å². The van der Waals surface area contributed by atoms with Crippen LogP contribution in [0, 0.1) is 21.4 Å². The number of rotatable bonds is 5. The largest absolute Gasteiger partial charge is 0.496 e. The number of methoxy groups -OCH3 is 1. The summed E-state index contributed by atoms with van der Waals surface area (Å²) in [6, 6.07) is 16.9. The number of aromatic nitrogens is 2. The summed E-state index contributed by atoms with van der Waals surface area (Å²) in [5.74, 6) is -0.128. The Labute approximate surface area is 160 Å². The van der Waals surface area contributed by atoms with Gasteiger partial charge in [-0.05, 0) is 35.4 Å². The summed E-state index contributed by atoms with van der Waals surface area (Å²) in [7, 11) is 1.52. The Morgan fingerprint density at radius 2 is 2.00 bits per heavy atom. The maximum atomic E-state index is 11.1. The first-order valence-electron chi connectivity index (χ1n) is 7.85. The van der Waals surface area contributed by atoms with Crippen LogP contribution in [0.5, 0.6) is 5.75 Å². The number of hydrogen-bond donors (Lipinski definition) is 0. The first-order chi connectivity index (χ1) is 13.0. The Morgan fingerprint density at radius 1 is 1.19 bits per heavy atom. The first-order valence-corrected chi connectivity index (χ1v) is 8.23. The van der Waals surface area contributed by atoms with Gasteiger partial charge in [0, 0.05) is 17.7 Å². The van der Waals surface area contributed by atoms with Gasteiger partial charge >= 0.3 is 0 Å². The number of nitro benzene ring substituents is 1. The Morgan fingerprint density at radius 3 is 2.63 bits per heavy atom. The van der Waals surface area contributed by atoms with Crippen LogP contribution in [0.3, 0.4) is 0 Å². The minimum Gasteiger partial charge on any atom is -0.496 e. The van der Waals surface area contributed by atoms with Gasteiger partial charge in [-0.1, -0.05) is 29.8 Å². The van der Waals surface area contributed by atoms with Gasteiger partial charge in [-0.2, -0.15) is 10.4 Å². The molecule has 134 valence electrons. The molecule has 3 rings (SSSR count). The van der Waals surface area contributed by atoms with Crippen LogP contribution >= 0.6 is 11.6 Å². The predicted octanol–water partition coefficient (Wildman–Crippen LogP) is 4.37. The normalized spacial score (nSPS) is 11.4. The highest BCUT2D eigenvalue weighted by Gasteiger charge is 2.19. The van der Waals surface area contributed by atoms with E-state index in [2.05, 4.69) is 16.3 Å². The molecular weight excluding hydrogens is 368 g/mol. The quantitative estimate of drug-likeness (QED) is 0.481. The van der Waals surface area contributed by atoms with Crippen molar-refractivity contribution in [2.45, 2.75) is 5.92 Å². The summed E-state index contributed by atoms with van der Waals surface area (Å²) in [6.07, 6.45) is 0. The molecule has 0 fully saturated rings. The summed E-state index contributed by atoms with van der Waals surface area (Å²) >= 11 is 5.76. The van der Waals surface area contributed by atoms with E-state index in [1.54, 1.807) is 42.5 Å². The second-order valence-electron chi connectivity index (χ2n) is 5.61. The molecule has 2 aromatic carbocycles. The third kappa shape index (κ3) is 3.86. The molecule has 1 heterocycles. The number of nitrogens with zero attached hydrogens (tertiary/aromatic N) is 4. The van der Waals surface area contributed by atoms with Crippen LogP contribution in [0.1, 0.15) is 17.2 Å². The molecule has 0 aliphatic carbocycles. The standard InChI is InChI=1S/C19H13ClN4O3/c1-27-18-7-5-13(16(11-21)17-6-8-19(20)23-22-17)10-15(18)12-3-2-4-14(9-12)24(25)26/h2-10,16H,1H3. The van der Waals surface area contributed by atoms with Crippen LogP contribution in [0.2, 0.25) is 5.15 Å². The average molecular weight is 381 g/mol. The number of benzene rings is 2. The zero-order valence-electron chi connectivity index (χ0n) is 14.2. The smallest absolute Gasteiger partial charge is 0.270 e. The van der Waals surface area contributed by atoms with Crippen molar-refractivity contribution in [1.29, 1.82) is 5.26 Å². The number of hydrogen-bond acceptors (Lipinski definition) is 6. The number of nitro groups is 1. The van der Waals surface area contributed by atoms with Crippen LogP contribution in [-0.2, 0) is 0 Å². The van der Waals surface area contributed by atoms with Crippen molar-refractivity contribution in [1.82, 2.24) is 10.2 Å². The van der Waals surface area contributed by atoms with Gasteiger partial charge in [0.05, 0.1) is 23.8 Å². The Hall–Kier alpha value is -3.50. The lowest BCUT2D eigenvalue weighted by Crippen LogP contribution is -2.03. The zero-order valence-corrected chi connectivity index (χ0v) is 14.9. The van der Waals surface area contributed by atoms with E-state index in [1.165, 1.54) is 19.2 Å². The van der Waals surface area contributed by atoms with Crippen molar-refractivity contribution in [2.24, 2.45) is 0 Å². The van der Waals surface area contributed by atoms with E-state index in [4.69, 9.17) is 16.3 Å². The Balaban J connectivity index is 2.10. The lowest BCUT2D eigenvalue weighted by molar-refractivity contribution is -0.384. The number of non-ortho nitro benzene ring substituents is 1. The number of halogens is 1. The maximum absolute atomic E-state index is 11.1. The SMILES string of the molecule is COc1ccc(C(C#N)c2ccc(Cl)nn2)cc1-c1cccc([N+](=O)[O-])c1. The molecule has 8 heteroatoms. The number of ether oxygens (including phenoxy) is 1. The lowest BCUT2D eigenvalue weighted by Gasteiger charge is -2.14. The fourth-order valence-corrected chi connectivity index (χ4v) is 2.81. The van der Waals surface area contributed by atoms with Crippen molar-refractivity contribution >= 4 is 17.3 Å². The molecule has 0 bridgehead atoms. The van der Waals surface area contributed by atoms with Crippen LogP contribution in [0.25, 0.3) is 11.1 Å². The van der Waals surface area contributed by atoms with Crippen molar-refractivity contribution in [3.05, 3.63) is 81.1 Å². The Kier molecular flexibility index (Phi) is 5.29. The zero-order chi connectivity index (χ0) is 19.4. The van der Waals surface area contributed by atoms with Gasteiger partial charge in [0.15, 0.2) is 5.15 Å². The molecule has 1 unspecified atom stereocenters. The van der Waals surface area contributed by atoms with E-state index in [9.17, 15) is 15.4 Å². The molecule has 1 aromatic heterocycles. The minimum absolute atomic E-state index is 0.0274. The van der Waals surface area contributed by atoms with E-state index in [0.29, 0.717) is 28.1 Å². The van der Waals surface area contributed by atoms with Crippen molar-refractivity contribution in [3.63, 3.8) is 0 Å². The second-order valence-corrected chi connectivity index (χ2v) is 6.00. The summed E-state index contributed by atoms with van der Waals surface area (Å²) < 4.78 is 5.39. The van der Waals surface area contributed by atoms with Gasteiger partial charge in [-0.3, -0.25) is 10.1 Å². The van der Waals surface area contributed by atoms with Crippen LogP contribution < -0.4 is 4.74 Å². The molecule has 7 nitrogen and oxygen atoms in total. The van der Waals surface area contributed by atoms with E-state index in [1.807, 2.05) is 0 Å². The highest BCUT2D eigenvalue weighted by molar-refractivity contribution is 6.29. The molecule has 27 heavy (non-hydrogen) atoms. The van der Waals surface area contributed by atoms with Gasteiger partial charge in [0.25, 0.3) is 5.69 Å². The lowest BCUT2D eigenvalue weighted by atomic mass is 9.93. The number of nitriles is 1. The van der Waals surface area contributed by atoms with Gasteiger partial charge in [0.1, 0.15) is 11.7 Å². The molecule has 0 saturated carbocycles. The van der Waals surface area contributed by atoms with Crippen LogP contribution in [0.15, 0.2) is 54.6 Å². The molecular formula is C19H13ClN4O3. The van der Waals surface area contributed by atoms with Gasteiger partial charge in [0.2, 0.25) is 0 Å². The molecule has 3 aromatic rings. The average Bonchev–Trinajstić information content (AvgIpc) is 2.70. The monoisotopic (exact) mass is 380 g/mol. The highest BCUT2D eigenvalue weighted by Crippen LogP contribution is 2.35. The van der Waals surface area contributed by atoms with Crippen LogP contribution in [0.4, 0.5) is 5.69 Å². The Bertz CT molecular complexity index is 1030. The van der Waals surface area contributed by atoms with Crippen molar-refractivity contribution < 1.29 is 9.66 Å². The van der Waals surface area contributed by atoms with Gasteiger partial charge in [-0.15, -0.1) is 5.10 Å². The van der Waals surface area contributed by atoms with Crippen molar-refractivity contribution in [2.75, 3.05) is 7.11 Å². The minimum atomic E-state index is -0.668. The van der Waals surface area contributed by atoms with E-state index in [-0.39, 0.29) is 10.8 Å². The highest BCUT2D eigenvalue weighted by atomic mass is 35.5. The summed E-state index contributed by atoms with van der Waals surface area (Å²) in [5, 5.41) is 28.7. The molecule has 0 amide bonds. The predicted molar refractivity (Wildman–Crippen MR) is 99.6 cm³/mol. The third-order valence-corrected chi connectivity index (χ3v) is 4.20. The summed E-state index contributed by atoms with van der Waals surface area (Å²) in [6.45, 7) is 0. The molecule has 0 N–H and O–H groups in total. The first kappa shape index (κ1) is 18.3. The molecule has 0 saturated heterocycles. The van der Waals surface area contributed by atoms with E-state index >= 15 is 0 Å². The van der Waals surface area contributed by atoms with Gasteiger partial charge < -0.3 is 4.74 Å². The van der Waals surface area contributed by atoms with Crippen molar-refractivity contribution in [3.8, 4) is 22.9 Å². The molecule has 0 spiro atoms. The summed E-state index contributed by atoms with van der Waals surface area (Å²) in [5.41, 5.74) is 2.34. The molecule has 1 atom stereocenters. The second kappa shape index (κ2) is 7.81. The van der Waals surface area contributed by atoms with Crippen LogP contribution in [-0.4, -0.2) is 22.2 Å².